The molecule has 0 unspecified atom stereocenters. The van der Waals surface area contributed by atoms with E-state index in [2.05, 4.69) is 20.6 Å². The highest BCUT2D eigenvalue weighted by Crippen LogP contribution is 2.19. The Morgan fingerprint density at radius 2 is 1.81 bits per heavy atom. The van der Waals surface area contributed by atoms with E-state index in [-0.39, 0.29) is 29.9 Å². The predicted octanol–water partition coefficient (Wildman–Crippen LogP) is 4.41. The molecule has 5 nitrogen and oxygen atoms in total. The van der Waals surface area contributed by atoms with E-state index in [1.54, 1.807) is 31.2 Å². The third-order valence-corrected chi connectivity index (χ3v) is 4.33. The van der Waals surface area contributed by atoms with Gasteiger partial charge in [-0.25, -0.2) is 14.4 Å². The summed E-state index contributed by atoms with van der Waals surface area (Å²) in [5, 5.41) is 5.87. The van der Waals surface area contributed by atoms with Gasteiger partial charge in [-0.1, -0.05) is 30.3 Å². The minimum atomic E-state index is -0.317. The molecule has 138 valence electrons. The van der Waals surface area contributed by atoms with Crippen molar-refractivity contribution in [3.8, 4) is 0 Å². The molecule has 0 saturated heterocycles. The van der Waals surface area contributed by atoms with Crippen molar-refractivity contribution in [2.24, 2.45) is 0 Å². The van der Waals surface area contributed by atoms with Gasteiger partial charge in [-0.3, -0.25) is 4.79 Å². The van der Waals surface area contributed by atoms with Gasteiger partial charge in [0.05, 0.1) is 0 Å². The van der Waals surface area contributed by atoms with Gasteiger partial charge < -0.3 is 10.6 Å². The van der Waals surface area contributed by atoms with Crippen molar-refractivity contribution in [2.75, 3.05) is 10.6 Å². The first-order valence-electron chi connectivity index (χ1n) is 8.64. The molecule has 0 bridgehead atoms. The molecule has 27 heavy (non-hydrogen) atoms. The number of anilines is 2. The molecule has 1 heterocycles. The van der Waals surface area contributed by atoms with Crippen LogP contribution in [0, 0.1) is 26.6 Å². The zero-order valence-corrected chi connectivity index (χ0v) is 15.5. The van der Waals surface area contributed by atoms with Gasteiger partial charge >= 0.3 is 0 Å². The highest BCUT2D eigenvalue weighted by Gasteiger charge is 2.13. The predicted molar refractivity (Wildman–Crippen MR) is 104 cm³/mol. The average Bonchev–Trinajstić information content (AvgIpc) is 2.64. The van der Waals surface area contributed by atoms with Gasteiger partial charge in [-0.15, -0.1) is 0 Å². The number of nitrogens with zero attached hydrogens (tertiary/aromatic N) is 2. The highest BCUT2D eigenvalue weighted by molar-refractivity contribution is 6.03. The number of hydrogen-bond donors (Lipinski definition) is 2. The maximum atomic E-state index is 13.7. The van der Waals surface area contributed by atoms with Crippen molar-refractivity contribution < 1.29 is 9.18 Å². The number of rotatable bonds is 5. The van der Waals surface area contributed by atoms with E-state index in [1.807, 2.05) is 32.0 Å². The number of aromatic nitrogens is 2. The molecule has 0 atom stereocenters. The first-order chi connectivity index (χ1) is 12.9. The van der Waals surface area contributed by atoms with Crippen molar-refractivity contribution in [1.82, 2.24) is 9.97 Å². The fourth-order valence-electron chi connectivity index (χ4n) is 2.65. The Morgan fingerprint density at radius 1 is 1.04 bits per heavy atom. The van der Waals surface area contributed by atoms with Crippen LogP contribution in [0.25, 0.3) is 0 Å². The topological polar surface area (TPSA) is 66.9 Å². The summed E-state index contributed by atoms with van der Waals surface area (Å²) in [7, 11) is 0. The fourth-order valence-corrected chi connectivity index (χ4v) is 2.65. The molecule has 0 fully saturated rings. The normalized spacial score (nSPS) is 10.5. The third-order valence-electron chi connectivity index (χ3n) is 4.33. The van der Waals surface area contributed by atoms with Gasteiger partial charge in [0, 0.05) is 23.5 Å². The Kier molecular flexibility index (Phi) is 5.45. The van der Waals surface area contributed by atoms with Crippen LogP contribution >= 0.6 is 0 Å². The van der Waals surface area contributed by atoms with E-state index in [0.29, 0.717) is 11.3 Å². The van der Waals surface area contributed by atoms with Crippen LogP contribution < -0.4 is 10.6 Å². The van der Waals surface area contributed by atoms with Crippen LogP contribution in [0.4, 0.5) is 16.0 Å². The summed E-state index contributed by atoms with van der Waals surface area (Å²) in [6, 6.07) is 13.8. The summed E-state index contributed by atoms with van der Waals surface area (Å²) in [5.74, 6) is -0.335. The summed E-state index contributed by atoms with van der Waals surface area (Å²) >= 11 is 0. The van der Waals surface area contributed by atoms with Crippen LogP contribution in [0.1, 0.15) is 32.9 Å². The van der Waals surface area contributed by atoms with Gasteiger partial charge in [0.25, 0.3) is 5.91 Å². The quantitative estimate of drug-likeness (QED) is 0.704. The summed E-state index contributed by atoms with van der Waals surface area (Å²) in [6.45, 7) is 5.96. The minimum Gasteiger partial charge on any atom is -0.350 e. The Morgan fingerprint density at radius 3 is 2.59 bits per heavy atom. The molecular formula is C21H21FN4O. The van der Waals surface area contributed by atoms with Crippen LogP contribution in [0.2, 0.25) is 0 Å². The Hall–Kier alpha value is -3.28. The second-order valence-corrected chi connectivity index (χ2v) is 6.36. The molecule has 6 heteroatoms. The van der Waals surface area contributed by atoms with E-state index in [0.717, 1.165) is 16.8 Å². The highest BCUT2D eigenvalue weighted by atomic mass is 19.1. The molecule has 0 saturated carbocycles. The van der Waals surface area contributed by atoms with Gasteiger partial charge in [0.15, 0.2) is 0 Å². The van der Waals surface area contributed by atoms with Crippen molar-refractivity contribution in [3.05, 3.63) is 82.4 Å². The number of hydrogen-bond acceptors (Lipinski definition) is 4. The van der Waals surface area contributed by atoms with E-state index in [1.165, 1.54) is 6.07 Å². The largest absolute Gasteiger partial charge is 0.350 e. The average molecular weight is 364 g/mol. The number of halogens is 1. The number of aryl methyl sites for hydroxylation is 2. The van der Waals surface area contributed by atoms with E-state index < -0.39 is 0 Å². The van der Waals surface area contributed by atoms with Gasteiger partial charge in [0.2, 0.25) is 5.95 Å². The standard InChI is InChI=1S/C21H21FN4O/c1-13-7-6-10-18(15(13)3)25-20(27)19-11-14(2)24-21(26-19)23-12-16-8-4-5-9-17(16)22/h4-11H,12H2,1-3H3,(H,25,27)(H,23,24,26). The minimum absolute atomic E-state index is 0.230. The lowest BCUT2D eigenvalue weighted by atomic mass is 10.1. The van der Waals surface area contributed by atoms with Crippen molar-refractivity contribution in [1.29, 1.82) is 0 Å². The molecule has 0 aliphatic carbocycles. The van der Waals surface area contributed by atoms with E-state index in [4.69, 9.17) is 0 Å². The number of carbonyl (C=O) groups excluding carboxylic acids is 1. The molecule has 3 aromatic rings. The third kappa shape index (κ3) is 4.47. The van der Waals surface area contributed by atoms with Crippen LogP contribution in [-0.2, 0) is 6.54 Å². The monoisotopic (exact) mass is 364 g/mol. The SMILES string of the molecule is Cc1cc(C(=O)Nc2cccc(C)c2C)nc(NCc2ccccc2F)n1. The molecule has 3 rings (SSSR count). The van der Waals surface area contributed by atoms with Crippen LogP contribution in [0.5, 0.6) is 0 Å². The maximum Gasteiger partial charge on any atom is 0.274 e. The van der Waals surface area contributed by atoms with Gasteiger partial charge in [-0.05, 0) is 50.1 Å². The molecule has 2 N–H and O–H groups in total. The number of benzene rings is 2. The molecule has 0 radical (unpaired) electrons. The smallest absolute Gasteiger partial charge is 0.274 e. The van der Waals surface area contributed by atoms with Crippen LogP contribution in [0.3, 0.4) is 0 Å². The second-order valence-electron chi connectivity index (χ2n) is 6.36. The summed E-state index contributed by atoms with van der Waals surface area (Å²) < 4.78 is 13.7. The van der Waals surface area contributed by atoms with Crippen LogP contribution in [-0.4, -0.2) is 15.9 Å². The zero-order chi connectivity index (χ0) is 19.4. The van der Waals surface area contributed by atoms with E-state index in [9.17, 15) is 9.18 Å². The Bertz CT molecular complexity index is 988. The molecule has 0 spiro atoms. The molecule has 0 aliphatic rings. The zero-order valence-electron chi connectivity index (χ0n) is 15.5. The lowest BCUT2D eigenvalue weighted by molar-refractivity contribution is 0.102. The lowest BCUT2D eigenvalue weighted by Gasteiger charge is -2.11. The lowest BCUT2D eigenvalue weighted by Crippen LogP contribution is -2.17. The van der Waals surface area contributed by atoms with E-state index >= 15 is 0 Å². The van der Waals surface area contributed by atoms with Crippen LogP contribution in [0.15, 0.2) is 48.5 Å². The van der Waals surface area contributed by atoms with Crippen molar-refractivity contribution >= 4 is 17.5 Å². The molecule has 0 aliphatic heterocycles. The second kappa shape index (κ2) is 7.95. The Balaban J connectivity index is 1.77. The first kappa shape index (κ1) is 18.5. The number of amides is 1. The van der Waals surface area contributed by atoms with Crippen molar-refractivity contribution in [2.45, 2.75) is 27.3 Å². The molecule has 1 amide bonds. The summed E-state index contributed by atoms with van der Waals surface area (Å²) in [6.07, 6.45) is 0. The Labute approximate surface area is 157 Å². The molecule has 2 aromatic carbocycles. The number of carbonyl (C=O) groups is 1. The summed E-state index contributed by atoms with van der Waals surface area (Å²) in [5.41, 5.74) is 4.25. The van der Waals surface area contributed by atoms with Gasteiger partial charge in [0.1, 0.15) is 11.5 Å². The fraction of sp³-hybridized carbons (Fsp3) is 0.190. The van der Waals surface area contributed by atoms with Gasteiger partial charge in [-0.2, -0.15) is 0 Å². The first-order valence-corrected chi connectivity index (χ1v) is 8.64. The molecular weight excluding hydrogens is 343 g/mol. The van der Waals surface area contributed by atoms with Crippen molar-refractivity contribution in [3.63, 3.8) is 0 Å². The molecule has 1 aromatic heterocycles. The summed E-state index contributed by atoms with van der Waals surface area (Å²) in [4.78, 5) is 21.2. The number of nitrogens with one attached hydrogen (secondary N) is 2. The maximum absolute atomic E-state index is 13.7.